The number of likely N-dealkylation sites (tertiary alicyclic amines) is 1. The fourth-order valence-electron chi connectivity index (χ4n) is 2.80. The first kappa shape index (κ1) is 17.1. The van der Waals surface area contributed by atoms with Gasteiger partial charge in [-0.05, 0) is 25.2 Å². The van der Waals surface area contributed by atoms with Gasteiger partial charge in [0.2, 0.25) is 5.91 Å². The van der Waals surface area contributed by atoms with Crippen molar-refractivity contribution in [3.8, 4) is 0 Å². The number of ketones is 1. The molecule has 3 N–H and O–H groups in total. The molecule has 0 radical (unpaired) electrons. The Labute approximate surface area is 121 Å². The highest BCUT2D eigenvalue weighted by Gasteiger charge is 2.37. The third kappa shape index (κ3) is 4.28. The van der Waals surface area contributed by atoms with E-state index in [1.54, 1.807) is 0 Å². The molecule has 20 heavy (non-hydrogen) atoms. The van der Waals surface area contributed by atoms with Crippen LogP contribution in [0.4, 0.5) is 0 Å². The van der Waals surface area contributed by atoms with Crippen molar-refractivity contribution >= 4 is 11.7 Å². The molecule has 1 saturated heterocycles. The summed E-state index contributed by atoms with van der Waals surface area (Å²) in [5.74, 6) is -0.504. The van der Waals surface area contributed by atoms with Crippen molar-refractivity contribution < 1.29 is 14.7 Å². The lowest BCUT2D eigenvalue weighted by molar-refractivity contribution is -0.135. The largest absolute Gasteiger partial charge is 0.396 e. The summed E-state index contributed by atoms with van der Waals surface area (Å²) >= 11 is 0. The quantitative estimate of drug-likeness (QED) is 0.625. The van der Waals surface area contributed by atoms with Crippen molar-refractivity contribution in [3.63, 3.8) is 0 Å². The number of aliphatic hydroxyl groups is 1. The van der Waals surface area contributed by atoms with E-state index in [0.29, 0.717) is 19.3 Å². The summed E-state index contributed by atoms with van der Waals surface area (Å²) in [6, 6.07) is -0.359. The number of hydrogen-bond acceptors (Lipinski definition) is 4. The Morgan fingerprint density at radius 2 is 1.90 bits per heavy atom. The molecule has 1 aliphatic heterocycles. The maximum Gasteiger partial charge on any atom is 0.222 e. The maximum absolute atomic E-state index is 12.5. The summed E-state index contributed by atoms with van der Waals surface area (Å²) in [7, 11) is 0. The zero-order chi connectivity index (χ0) is 15.1. The first-order chi connectivity index (χ1) is 9.54. The molecule has 0 aliphatic carbocycles. The van der Waals surface area contributed by atoms with E-state index in [-0.39, 0.29) is 30.3 Å². The Hall–Kier alpha value is -0.940. The van der Waals surface area contributed by atoms with Crippen molar-refractivity contribution in [2.75, 3.05) is 19.7 Å². The summed E-state index contributed by atoms with van der Waals surface area (Å²) in [4.78, 5) is 26.1. The Morgan fingerprint density at radius 1 is 1.25 bits per heavy atom. The predicted molar refractivity (Wildman–Crippen MR) is 78.1 cm³/mol. The molecule has 1 rings (SSSR count). The molecule has 1 heterocycles. The minimum atomic E-state index is -0.392. The number of aliphatic hydroxyl groups excluding tert-OH is 1. The Morgan fingerprint density at radius 3 is 2.25 bits per heavy atom. The molecule has 5 nitrogen and oxygen atoms in total. The summed E-state index contributed by atoms with van der Waals surface area (Å²) in [6.07, 6.45) is 3.65. The van der Waals surface area contributed by atoms with Crippen LogP contribution < -0.4 is 5.73 Å². The topological polar surface area (TPSA) is 83.6 Å². The highest BCUT2D eigenvalue weighted by Crippen LogP contribution is 2.24. The van der Waals surface area contributed by atoms with Crippen LogP contribution in [0, 0.1) is 11.8 Å². The second-order valence-electron chi connectivity index (χ2n) is 5.71. The van der Waals surface area contributed by atoms with Gasteiger partial charge in [-0.2, -0.15) is 0 Å². The first-order valence-corrected chi connectivity index (χ1v) is 7.72. The van der Waals surface area contributed by atoms with Gasteiger partial charge in [0.25, 0.3) is 0 Å². The molecule has 0 spiro atoms. The van der Waals surface area contributed by atoms with Crippen LogP contribution in [0.5, 0.6) is 0 Å². The van der Waals surface area contributed by atoms with Crippen LogP contribution in [0.1, 0.15) is 46.0 Å². The van der Waals surface area contributed by atoms with Crippen LogP contribution in [0.15, 0.2) is 0 Å². The van der Waals surface area contributed by atoms with Crippen LogP contribution in [-0.4, -0.2) is 47.4 Å². The van der Waals surface area contributed by atoms with E-state index in [1.807, 2.05) is 13.8 Å². The number of amides is 1. The van der Waals surface area contributed by atoms with E-state index in [9.17, 15) is 14.7 Å². The van der Waals surface area contributed by atoms with Crippen LogP contribution >= 0.6 is 0 Å². The van der Waals surface area contributed by atoms with Gasteiger partial charge >= 0.3 is 0 Å². The lowest BCUT2D eigenvalue weighted by Gasteiger charge is -2.40. The zero-order valence-corrected chi connectivity index (χ0v) is 12.7. The average Bonchev–Trinajstić information content (AvgIpc) is 2.36. The van der Waals surface area contributed by atoms with Gasteiger partial charge in [-0.1, -0.05) is 20.3 Å². The van der Waals surface area contributed by atoms with Gasteiger partial charge in [-0.25, -0.2) is 0 Å². The van der Waals surface area contributed by atoms with Crippen molar-refractivity contribution in [2.24, 2.45) is 17.6 Å². The van der Waals surface area contributed by atoms with Gasteiger partial charge in [0.15, 0.2) is 5.78 Å². The van der Waals surface area contributed by atoms with E-state index in [0.717, 1.165) is 25.9 Å². The van der Waals surface area contributed by atoms with Gasteiger partial charge in [0, 0.05) is 26.1 Å². The number of rotatable bonds is 10. The van der Waals surface area contributed by atoms with Crippen molar-refractivity contribution in [3.05, 3.63) is 0 Å². The van der Waals surface area contributed by atoms with E-state index < -0.39 is 5.92 Å². The van der Waals surface area contributed by atoms with Crippen LogP contribution in [-0.2, 0) is 9.59 Å². The molecule has 3 atom stereocenters. The normalized spacial score (nSPS) is 19.9. The number of primary amides is 1. The molecular formula is C15H28N2O3. The zero-order valence-electron chi connectivity index (χ0n) is 12.7. The molecule has 0 saturated carbocycles. The Balaban J connectivity index is 2.67. The highest BCUT2D eigenvalue weighted by atomic mass is 16.3. The fraction of sp³-hybridized carbons (Fsp3) is 0.867. The Bertz CT molecular complexity index is 325. The molecule has 0 aromatic rings. The summed E-state index contributed by atoms with van der Waals surface area (Å²) in [5.41, 5.74) is 5.45. The van der Waals surface area contributed by atoms with Gasteiger partial charge < -0.3 is 10.8 Å². The van der Waals surface area contributed by atoms with E-state index >= 15 is 0 Å². The summed E-state index contributed by atoms with van der Waals surface area (Å²) in [5, 5.41) is 9.19. The number of carbonyl (C=O) groups is 2. The second kappa shape index (κ2) is 8.37. The van der Waals surface area contributed by atoms with Crippen LogP contribution in [0.3, 0.4) is 0 Å². The lowest BCUT2D eigenvalue weighted by Crippen LogP contribution is -2.55. The molecule has 116 valence electrons. The van der Waals surface area contributed by atoms with Crippen LogP contribution in [0.2, 0.25) is 0 Å². The number of nitrogens with two attached hydrogens (primary N) is 1. The number of Topliss-reactive ketones (excluding diaryl/α,β-unsaturated/α-hetero) is 1. The number of nitrogens with zero attached hydrogens (tertiary/aromatic N) is 1. The molecule has 0 aromatic heterocycles. The Kier molecular flexibility index (Phi) is 7.16. The third-order valence-corrected chi connectivity index (χ3v) is 4.43. The molecule has 1 aliphatic rings. The van der Waals surface area contributed by atoms with Gasteiger partial charge in [-0.15, -0.1) is 0 Å². The molecule has 5 heteroatoms. The van der Waals surface area contributed by atoms with Crippen molar-refractivity contribution in [1.29, 1.82) is 0 Å². The predicted octanol–water partition coefficient (Wildman–Crippen LogP) is 0.940. The number of hydrogen-bond donors (Lipinski definition) is 2. The number of carbonyl (C=O) groups excluding carboxylic acids is 2. The van der Waals surface area contributed by atoms with Gasteiger partial charge in [0.05, 0.1) is 12.0 Å². The molecule has 3 unspecified atom stereocenters. The average molecular weight is 284 g/mol. The molecule has 0 bridgehead atoms. The minimum absolute atomic E-state index is 0.0993. The molecule has 1 fully saturated rings. The molecule has 0 aromatic carbocycles. The monoisotopic (exact) mass is 284 g/mol. The minimum Gasteiger partial charge on any atom is -0.396 e. The van der Waals surface area contributed by atoms with E-state index in [2.05, 4.69) is 4.90 Å². The van der Waals surface area contributed by atoms with Gasteiger partial charge in [-0.3, -0.25) is 14.5 Å². The highest BCUT2D eigenvalue weighted by molar-refractivity contribution is 5.90. The molecule has 1 amide bonds. The van der Waals surface area contributed by atoms with Crippen molar-refractivity contribution in [2.45, 2.75) is 52.0 Å². The van der Waals surface area contributed by atoms with E-state index in [1.165, 1.54) is 0 Å². The SMILES string of the molecule is CCC(CO)CCC(=O)C(C(CC)C(N)=O)N1CCC1. The summed E-state index contributed by atoms with van der Waals surface area (Å²) < 4.78 is 0. The van der Waals surface area contributed by atoms with Crippen molar-refractivity contribution in [1.82, 2.24) is 4.90 Å². The lowest BCUT2D eigenvalue weighted by atomic mass is 9.86. The second-order valence-corrected chi connectivity index (χ2v) is 5.71. The van der Waals surface area contributed by atoms with Gasteiger partial charge in [0.1, 0.15) is 0 Å². The third-order valence-electron chi connectivity index (χ3n) is 4.43. The standard InChI is InChI=1S/C15H28N2O3/c1-3-11(10-18)6-7-13(19)14(17-8-5-9-17)12(4-2)15(16)20/h11-12,14,18H,3-10H2,1-2H3,(H2,16,20). The van der Waals surface area contributed by atoms with E-state index in [4.69, 9.17) is 5.73 Å². The smallest absolute Gasteiger partial charge is 0.222 e. The first-order valence-electron chi connectivity index (χ1n) is 7.72. The summed E-state index contributed by atoms with van der Waals surface area (Å²) in [6.45, 7) is 5.77. The molecular weight excluding hydrogens is 256 g/mol. The maximum atomic E-state index is 12.5. The fourth-order valence-corrected chi connectivity index (χ4v) is 2.80. The van der Waals surface area contributed by atoms with Crippen LogP contribution in [0.25, 0.3) is 0 Å².